The van der Waals surface area contributed by atoms with Gasteiger partial charge in [0.2, 0.25) is 0 Å². The van der Waals surface area contributed by atoms with Crippen molar-refractivity contribution in [3.63, 3.8) is 0 Å². The van der Waals surface area contributed by atoms with Crippen LogP contribution in [0.25, 0.3) is 0 Å². The fourth-order valence-electron chi connectivity index (χ4n) is 2.79. The van der Waals surface area contributed by atoms with Gasteiger partial charge in [0.25, 0.3) is 5.91 Å². The lowest BCUT2D eigenvalue weighted by atomic mass is 10.1. The van der Waals surface area contributed by atoms with Crippen molar-refractivity contribution in [3.8, 4) is 0 Å². The van der Waals surface area contributed by atoms with E-state index in [4.69, 9.17) is 5.73 Å². The number of anilines is 2. The summed E-state index contributed by atoms with van der Waals surface area (Å²) in [5, 5.41) is 9.71. The van der Waals surface area contributed by atoms with Crippen LogP contribution in [0.4, 0.5) is 16.3 Å². The number of hydrogen-bond donors (Lipinski definition) is 3. The molecule has 0 radical (unpaired) electrons. The smallest absolute Gasteiger partial charge is 0.312 e. The molecule has 8 heteroatoms. The number of primary amides is 1. The number of hydrogen-bond acceptors (Lipinski definition) is 4. The molecular formula is C21H24N6O2. The summed E-state index contributed by atoms with van der Waals surface area (Å²) in [7, 11) is 3.99. The van der Waals surface area contributed by atoms with Crippen molar-refractivity contribution in [2.45, 2.75) is 13.1 Å². The van der Waals surface area contributed by atoms with Gasteiger partial charge in [0, 0.05) is 38.0 Å². The number of aromatic nitrogens is 2. The molecule has 0 aliphatic heterocycles. The summed E-state index contributed by atoms with van der Waals surface area (Å²) in [6.45, 7) is 0.866. The van der Waals surface area contributed by atoms with Gasteiger partial charge in [0.15, 0.2) is 0 Å². The van der Waals surface area contributed by atoms with E-state index in [9.17, 15) is 9.59 Å². The van der Waals surface area contributed by atoms with Crippen LogP contribution in [0.3, 0.4) is 0 Å². The number of benzene rings is 2. The third-order valence-electron chi connectivity index (χ3n) is 4.43. The molecule has 3 aromatic rings. The van der Waals surface area contributed by atoms with E-state index in [0.717, 1.165) is 16.8 Å². The third-order valence-corrected chi connectivity index (χ3v) is 4.43. The van der Waals surface area contributed by atoms with Crippen LogP contribution in [-0.4, -0.2) is 35.8 Å². The molecule has 0 unspecified atom stereocenters. The van der Waals surface area contributed by atoms with Crippen LogP contribution in [0, 0.1) is 0 Å². The Bertz CT molecular complexity index is 977. The van der Waals surface area contributed by atoms with Crippen molar-refractivity contribution < 1.29 is 9.59 Å². The minimum atomic E-state index is -0.587. The first-order valence-corrected chi connectivity index (χ1v) is 9.14. The van der Waals surface area contributed by atoms with Gasteiger partial charge in [0.1, 0.15) is 5.82 Å². The highest BCUT2D eigenvalue weighted by Crippen LogP contribution is 2.16. The Morgan fingerprint density at radius 2 is 1.66 bits per heavy atom. The fourth-order valence-corrected chi connectivity index (χ4v) is 2.79. The standard InChI is InChI=1S/C21H24N6O2/c1-26(2)18-9-5-16(6-10-18)14-27-19(11-12-24-27)25-20(28)17-7-3-15(4-8-17)13-23-21(22)29/h3-12H,13-14H2,1-2H3,(H,25,28)(H3,22,23,29). The van der Waals surface area contributed by atoms with Crippen LogP contribution in [0.5, 0.6) is 0 Å². The molecule has 1 heterocycles. The molecule has 0 atom stereocenters. The van der Waals surface area contributed by atoms with Crippen LogP contribution in [0.1, 0.15) is 21.5 Å². The summed E-state index contributed by atoms with van der Waals surface area (Å²) in [6, 6.07) is 16.3. The molecule has 0 saturated carbocycles. The molecule has 150 valence electrons. The lowest BCUT2D eigenvalue weighted by Crippen LogP contribution is -2.28. The molecule has 3 amide bonds. The Balaban J connectivity index is 1.64. The Kier molecular flexibility index (Phi) is 6.13. The van der Waals surface area contributed by atoms with E-state index in [2.05, 4.69) is 15.7 Å². The molecule has 8 nitrogen and oxygen atoms in total. The monoisotopic (exact) mass is 392 g/mol. The first-order valence-electron chi connectivity index (χ1n) is 9.14. The van der Waals surface area contributed by atoms with Gasteiger partial charge in [-0.2, -0.15) is 5.10 Å². The van der Waals surface area contributed by atoms with E-state index in [1.807, 2.05) is 43.3 Å². The van der Waals surface area contributed by atoms with Gasteiger partial charge in [-0.3, -0.25) is 4.79 Å². The number of nitrogens with two attached hydrogens (primary N) is 1. The number of rotatable bonds is 7. The van der Waals surface area contributed by atoms with E-state index < -0.39 is 6.03 Å². The van der Waals surface area contributed by atoms with Crippen LogP contribution < -0.4 is 21.3 Å². The summed E-state index contributed by atoms with van der Waals surface area (Å²) in [5.74, 6) is 0.385. The van der Waals surface area contributed by atoms with Crippen molar-refractivity contribution in [3.05, 3.63) is 77.5 Å². The van der Waals surface area contributed by atoms with Crippen molar-refractivity contribution >= 4 is 23.4 Å². The van der Waals surface area contributed by atoms with E-state index in [-0.39, 0.29) is 5.91 Å². The number of carbonyl (C=O) groups is 2. The first-order chi connectivity index (χ1) is 13.9. The molecule has 2 aromatic carbocycles. The molecule has 0 fully saturated rings. The Labute approximate surface area is 169 Å². The molecule has 0 spiro atoms. The van der Waals surface area contributed by atoms with Gasteiger partial charge in [-0.05, 0) is 35.4 Å². The topological polar surface area (TPSA) is 105 Å². The second kappa shape index (κ2) is 8.92. The average Bonchev–Trinajstić information content (AvgIpc) is 3.13. The highest BCUT2D eigenvalue weighted by Gasteiger charge is 2.10. The minimum absolute atomic E-state index is 0.232. The lowest BCUT2D eigenvalue weighted by Gasteiger charge is -2.13. The predicted molar refractivity (Wildman–Crippen MR) is 113 cm³/mol. The Morgan fingerprint density at radius 1 is 1.00 bits per heavy atom. The lowest BCUT2D eigenvalue weighted by molar-refractivity contribution is 0.102. The second-order valence-electron chi connectivity index (χ2n) is 6.80. The Hall–Kier alpha value is -3.81. The number of carbonyl (C=O) groups excluding carboxylic acids is 2. The quantitative estimate of drug-likeness (QED) is 0.574. The number of amides is 3. The maximum atomic E-state index is 12.6. The molecule has 1 aromatic heterocycles. The zero-order valence-electron chi connectivity index (χ0n) is 16.4. The first kappa shape index (κ1) is 19.9. The number of nitrogens with one attached hydrogen (secondary N) is 2. The van der Waals surface area contributed by atoms with Crippen molar-refractivity contribution in [1.29, 1.82) is 0 Å². The van der Waals surface area contributed by atoms with Gasteiger partial charge >= 0.3 is 6.03 Å². The van der Waals surface area contributed by atoms with E-state index in [1.54, 1.807) is 41.2 Å². The van der Waals surface area contributed by atoms with Crippen molar-refractivity contribution in [2.75, 3.05) is 24.3 Å². The van der Waals surface area contributed by atoms with Crippen LogP contribution >= 0.6 is 0 Å². The molecule has 29 heavy (non-hydrogen) atoms. The number of nitrogens with zero attached hydrogens (tertiary/aromatic N) is 3. The zero-order valence-corrected chi connectivity index (χ0v) is 16.4. The van der Waals surface area contributed by atoms with Gasteiger partial charge in [-0.1, -0.05) is 24.3 Å². The summed E-state index contributed by atoms with van der Waals surface area (Å²) in [4.78, 5) is 25.4. The van der Waals surface area contributed by atoms with Crippen LogP contribution in [-0.2, 0) is 13.1 Å². The van der Waals surface area contributed by atoms with Gasteiger partial charge < -0.3 is 21.3 Å². The second-order valence-corrected chi connectivity index (χ2v) is 6.80. The SMILES string of the molecule is CN(C)c1ccc(Cn2nccc2NC(=O)c2ccc(CNC(N)=O)cc2)cc1. The van der Waals surface area contributed by atoms with E-state index >= 15 is 0 Å². The zero-order chi connectivity index (χ0) is 20.8. The van der Waals surface area contributed by atoms with Gasteiger partial charge in [-0.15, -0.1) is 0 Å². The Morgan fingerprint density at radius 3 is 2.28 bits per heavy atom. The maximum absolute atomic E-state index is 12.6. The highest BCUT2D eigenvalue weighted by atomic mass is 16.2. The van der Waals surface area contributed by atoms with Crippen molar-refractivity contribution in [1.82, 2.24) is 15.1 Å². The molecule has 3 rings (SSSR count). The van der Waals surface area contributed by atoms with Crippen LogP contribution in [0.15, 0.2) is 60.8 Å². The van der Waals surface area contributed by atoms with Crippen LogP contribution in [0.2, 0.25) is 0 Å². The molecule has 0 bridgehead atoms. The molecule has 4 N–H and O–H groups in total. The summed E-state index contributed by atoms with van der Waals surface area (Å²) < 4.78 is 1.74. The normalized spacial score (nSPS) is 10.4. The minimum Gasteiger partial charge on any atom is -0.378 e. The molecule has 0 aliphatic rings. The largest absolute Gasteiger partial charge is 0.378 e. The number of urea groups is 1. The summed E-state index contributed by atoms with van der Waals surface area (Å²) in [5.41, 5.74) is 8.63. The van der Waals surface area contributed by atoms with Crippen molar-refractivity contribution in [2.24, 2.45) is 5.73 Å². The van der Waals surface area contributed by atoms with E-state index in [0.29, 0.717) is 24.5 Å². The molecule has 0 saturated heterocycles. The highest BCUT2D eigenvalue weighted by molar-refractivity contribution is 6.03. The maximum Gasteiger partial charge on any atom is 0.312 e. The summed E-state index contributed by atoms with van der Waals surface area (Å²) >= 11 is 0. The fraction of sp³-hybridized carbons (Fsp3) is 0.190. The third kappa shape index (κ3) is 5.35. The molecule has 0 aliphatic carbocycles. The van der Waals surface area contributed by atoms with Gasteiger partial charge in [0.05, 0.1) is 12.7 Å². The average molecular weight is 392 g/mol. The van der Waals surface area contributed by atoms with Gasteiger partial charge in [-0.25, -0.2) is 9.48 Å². The molecular weight excluding hydrogens is 368 g/mol. The predicted octanol–water partition coefficient (Wildman–Crippen LogP) is 2.42. The summed E-state index contributed by atoms with van der Waals surface area (Å²) in [6.07, 6.45) is 1.66. The van der Waals surface area contributed by atoms with E-state index in [1.165, 1.54) is 0 Å².